The van der Waals surface area contributed by atoms with Gasteiger partial charge in [0.1, 0.15) is 17.0 Å². The van der Waals surface area contributed by atoms with Crippen LogP contribution in [-0.2, 0) is 19.7 Å². The van der Waals surface area contributed by atoms with Gasteiger partial charge in [0, 0.05) is 17.3 Å². The number of aliphatic carboxylic acids is 1. The van der Waals surface area contributed by atoms with Crippen molar-refractivity contribution >= 4 is 41.3 Å². The minimum atomic E-state index is -1.67. The van der Waals surface area contributed by atoms with E-state index in [0.717, 1.165) is 0 Å². The van der Waals surface area contributed by atoms with Gasteiger partial charge in [-0.05, 0) is 37.5 Å². The first-order valence-corrected chi connectivity index (χ1v) is 12.8. The van der Waals surface area contributed by atoms with Crippen LogP contribution in [0.5, 0.6) is 0 Å². The van der Waals surface area contributed by atoms with Crippen LogP contribution in [-0.4, -0.2) is 56.6 Å². The number of nitrogens with one attached hydrogen (secondary N) is 1. The fraction of sp³-hybridized carbons (Fsp3) is 0.346. The summed E-state index contributed by atoms with van der Waals surface area (Å²) < 4.78 is 5.33. The Morgan fingerprint density at radius 3 is 2.09 bits per heavy atom. The first-order valence-electron chi connectivity index (χ1n) is 11.2. The third-order valence-electron chi connectivity index (χ3n) is 5.97. The Morgan fingerprint density at radius 2 is 1.63 bits per heavy atom. The van der Waals surface area contributed by atoms with Gasteiger partial charge in [-0.15, -0.1) is 23.4 Å². The Kier molecular flexibility index (Phi) is 6.88. The smallest absolute Gasteiger partial charge is 0.408 e. The standard InChI is InChI=1S/C26H27ClN2O5S/c1-25(2,3)34-24(33)28-19-21(30)29-20(16(14-27)15-35-22(19)29)26(23(31)32,17-10-6-4-7-11-17)18-12-8-5-9-13-18/h4-13,19,22H,14-15H2,1-3H3,(H,28,33)(H,31,32). The van der Waals surface area contributed by atoms with Crippen LogP contribution in [0.4, 0.5) is 4.79 Å². The number of nitrogens with zero attached hydrogens (tertiary/aromatic N) is 1. The number of alkyl halides is 1. The molecule has 1 fully saturated rings. The Hall–Kier alpha value is -2.97. The molecular weight excluding hydrogens is 488 g/mol. The van der Waals surface area contributed by atoms with Crippen LogP contribution in [0, 0.1) is 0 Å². The molecule has 35 heavy (non-hydrogen) atoms. The Balaban J connectivity index is 1.83. The number of carbonyl (C=O) groups is 3. The van der Waals surface area contributed by atoms with Gasteiger partial charge in [0.2, 0.25) is 0 Å². The maximum absolute atomic E-state index is 13.5. The van der Waals surface area contributed by atoms with Crippen molar-refractivity contribution in [2.45, 2.75) is 43.2 Å². The van der Waals surface area contributed by atoms with E-state index in [9.17, 15) is 19.5 Å². The van der Waals surface area contributed by atoms with Gasteiger partial charge in [0.05, 0.1) is 0 Å². The van der Waals surface area contributed by atoms with E-state index >= 15 is 0 Å². The summed E-state index contributed by atoms with van der Waals surface area (Å²) in [5.74, 6) is -1.02. The van der Waals surface area contributed by atoms with Gasteiger partial charge in [0.25, 0.3) is 5.91 Å². The lowest BCUT2D eigenvalue weighted by Crippen LogP contribution is -2.72. The van der Waals surface area contributed by atoms with Crippen LogP contribution in [0.25, 0.3) is 0 Å². The summed E-state index contributed by atoms with van der Waals surface area (Å²) >= 11 is 7.79. The first-order chi connectivity index (χ1) is 16.6. The molecule has 2 unspecified atom stereocenters. The lowest BCUT2D eigenvalue weighted by Gasteiger charge is -2.54. The molecule has 0 spiro atoms. The molecule has 2 N–H and O–H groups in total. The van der Waals surface area contributed by atoms with Crippen LogP contribution in [0.15, 0.2) is 71.9 Å². The number of carboxylic acid groups (broad SMARTS) is 1. The summed E-state index contributed by atoms with van der Waals surface area (Å²) in [7, 11) is 0. The Labute approximate surface area is 213 Å². The number of rotatable bonds is 6. The molecule has 7 nitrogen and oxygen atoms in total. The minimum absolute atomic E-state index is 0.0672. The summed E-state index contributed by atoms with van der Waals surface area (Å²) in [5.41, 5.74) is -0.359. The summed E-state index contributed by atoms with van der Waals surface area (Å²) in [5, 5.41) is 13.0. The van der Waals surface area contributed by atoms with Crippen LogP contribution in [0.2, 0.25) is 0 Å². The molecule has 2 heterocycles. The average molecular weight is 515 g/mol. The molecule has 2 aliphatic rings. The predicted octanol–water partition coefficient (Wildman–Crippen LogP) is 4.36. The number of fused-ring (bicyclic) bond motifs is 1. The molecule has 2 amide bonds. The molecule has 4 rings (SSSR count). The molecule has 2 aromatic rings. The number of hydrogen-bond donors (Lipinski definition) is 2. The number of alkyl carbamates (subject to hydrolysis) is 1. The fourth-order valence-corrected chi connectivity index (χ4v) is 6.26. The number of halogens is 1. The second-order valence-corrected chi connectivity index (χ2v) is 10.8. The van der Waals surface area contributed by atoms with E-state index in [1.165, 1.54) is 16.7 Å². The number of hydrogen-bond acceptors (Lipinski definition) is 5. The Morgan fingerprint density at radius 1 is 1.09 bits per heavy atom. The van der Waals surface area contributed by atoms with Gasteiger partial charge in [-0.25, -0.2) is 4.79 Å². The van der Waals surface area contributed by atoms with Crippen molar-refractivity contribution in [1.82, 2.24) is 10.2 Å². The van der Waals surface area contributed by atoms with E-state index < -0.39 is 40.4 Å². The fourth-order valence-electron chi connectivity index (χ4n) is 4.58. The average Bonchev–Trinajstić information content (AvgIpc) is 2.82. The molecule has 0 aromatic heterocycles. The molecule has 0 saturated carbocycles. The lowest BCUT2D eigenvalue weighted by atomic mass is 9.69. The van der Waals surface area contributed by atoms with Gasteiger partial charge in [-0.3, -0.25) is 14.5 Å². The quantitative estimate of drug-likeness (QED) is 0.439. The number of amides is 2. The second kappa shape index (κ2) is 9.59. The summed E-state index contributed by atoms with van der Waals surface area (Å²) in [6, 6.07) is 16.9. The normalized spacial score (nSPS) is 20.1. The van der Waals surface area contributed by atoms with Crippen LogP contribution < -0.4 is 5.32 Å². The number of benzene rings is 2. The summed E-state index contributed by atoms with van der Waals surface area (Å²) in [4.78, 5) is 40.6. The van der Waals surface area contributed by atoms with E-state index in [2.05, 4.69) is 5.32 Å². The van der Waals surface area contributed by atoms with Gasteiger partial charge < -0.3 is 15.2 Å². The number of carbonyl (C=O) groups excluding carboxylic acids is 2. The molecule has 1 saturated heterocycles. The largest absolute Gasteiger partial charge is 0.480 e. The third-order valence-corrected chi connectivity index (χ3v) is 7.63. The number of ether oxygens (including phenoxy) is 1. The topological polar surface area (TPSA) is 95.9 Å². The highest BCUT2D eigenvalue weighted by atomic mass is 35.5. The summed E-state index contributed by atoms with van der Waals surface area (Å²) in [6.45, 7) is 5.22. The van der Waals surface area contributed by atoms with E-state index in [1.54, 1.807) is 69.3 Å². The van der Waals surface area contributed by atoms with E-state index in [-0.39, 0.29) is 5.88 Å². The maximum Gasteiger partial charge on any atom is 0.408 e. The van der Waals surface area contributed by atoms with Crippen molar-refractivity contribution in [1.29, 1.82) is 0 Å². The molecule has 2 aromatic carbocycles. The number of β-lactam (4-membered cyclic amide) rings is 1. The van der Waals surface area contributed by atoms with Gasteiger partial charge in [-0.2, -0.15) is 0 Å². The number of thioether (sulfide) groups is 1. The van der Waals surface area contributed by atoms with Crippen LogP contribution in [0.1, 0.15) is 31.9 Å². The highest BCUT2D eigenvalue weighted by Crippen LogP contribution is 2.51. The van der Waals surface area contributed by atoms with Crippen molar-refractivity contribution in [3.63, 3.8) is 0 Å². The number of carboxylic acids is 1. The van der Waals surface area contributed by atoms with Crippen molar-refractivity contribution in [3.8, 4) is 0 Å². The van der Waals surface area contributed by atoms with Gasteiger partial charge in [-0.1, -0.05) is 60.7 Å². The van der Waals surface area contributed by atoms with Crippen molar-refractivity contribution in [2.24, 2.45) is 0 Å². The first kappa shape index (κ1) is 25.1. The highest BCUT2D eigenvalue weighted by molar-refractivity contribution is 8.00. The van der Waals surface area contributed by atoms with Crippen LogP contribution >= 0.6 is 23.4 Å². The van der Waals surface area contributed by atoms with Gasteiger partial charge in [0.15, 0.2) is 5.41 Å². The third kappa shape index (κ3) is 4.41. The van der Waals surface area contributed by atoms with E-state index in [1.807, 2.05) is 12.1 Å². The second-order valence-electron chi connectivity index (χ2n) is 9.41. The summed E-state index contributed by atoms with van der Waals surface area (Å²) in [6.07, 6.45) is -0.694. The maximum atomic E-state index is 13.5. The molecule has 184 valence electrons. The predicted molar refractivity (Wildman–Crippen MR) is 135 cm³/mol. The van der Waals surface area contributed by atoms with Crippen molar-refractivity contribution < 1.29 is 24.2 Å². The zero-order chi connectivity index (χ0) is 25.4. The van der Waals surface area contributed by atoms with Crippen LogP contribution in [0.3, 0.4) is 0 Å². The molecule has 2 aliphatic heterocycles. The molecule has 0 radical (unpaired) electrons. The monoisotopic (exact) mass is 514 g/mol. The zero-order valence-corrected chi connectivity index (χ0v) is 21.2. The van der Waals surface area contributed by atoms with Gasteiger partial charge >= 0.3 is 12.1 Å². The molecule has 2 atom stereocenters. The van der Waals surface area contributed by atoms with Crippen molar-refractivity contribution in [2.75, 3.05) is 11.6 Å². The molecule has 0 aliphatic carbocycles. The van der Waals surface area contributed by atoms with Crippen molar-refractivity contribution in [3.05, 3.63) is 83.1 Å². The molecule has 9 heteroatoms. The highest BCUT2D eigenvalue weighted by Gasteiger charge is 2.60. The lowest BCUT2D eigenvalue weighted by molar-refractivity contribution is -0.147. The molecule has 0 bridgehead atoms. The Bertz CT molecular complexity index is 1120. The van der Waals surface area contributed by atoms with E-state index in [0.29, 0.717) is 28.1 Å². The van der Waals surface area contributed by atoms with E-state index in [4.69, 9.17) is 16.3 Å². The molecular formula is C26H27ClN2O5S. The SMILES string of the molecule is CC(C)(C)OC(=O)NC1C(=O)N2C(C(C(=O)O)(c3ccccc3)c3ccccc3)=C(CCl)CSC12. The minimum Gasteiger partial charge on any atom is -0.480 e. The zero-order valence-electron chi connectivity index (χ0n) is 19.7.